The third-order valence-corrected chi connectivity index (χ3v) is 5.41. The third-order valence-electron chi connectivity index (χ3n) is 3.94. The van der Waals surface area contributed by atoms with Gasteiger partial charge in [-0.1, -0.05) is 49.9 Å². The summed E-state index contributed by atoms with van der Waals surface area (Å²) in [4.78, 5) is 28.0. The smallest absolute Gasteiger partial charge is 0.252 e. The molecule has 1 heterocycles. The number of thioether (sulfide) groups is 1. The predicted octanol–water partition coefficient (Wildman–Crippen LogP) is 4.87. The number of carbonyl (C=O) groups excluding carboxylic acids is 2. The Balaban J connectivity index is 0.00000126. The minimum Gasteiger partial charge on any atom is -0.304 e. The molecule has 0 aromatic heterocycles. The molecule has 27 heavy (non-hydrogen) atoms. The SMILES string of the molecule is CC.CC1(c2ccc(C(=O)Cl)cc2)SC(=NCc2ccc(F)cc2)NC1=O. The van der Waals surface area contributed by atoms with E-state index in [0.717, 1.165) is 11.1 Å². The molecular formula is C20H20ClFN2O2S. The van der Waals surface area contributed by atoms with E-state index in [2.05, 4.69) is 10.3 Å². The molecule has 1 fully saturated rings. The summed E-state index contributed by atoms with van der Waals surface area (Å²) in [5, 5.41) is 2.74. The molecule has 0 bridgehead atoms. The average molecular weight is 407 g/mol. The van der Waals surface area contributed by atoms with Crippen LogP contribution >= 0.6 is 23.4 Å². The van der Waals surface area contributed by atoms with E-state index < -0.39 is 9.99 Å². The fraction of sp³-hybridized carbons (Fsp3) is 0.250. The molecule has 1 unspecified atom stereocenters. The molecule has 0 radical (unpaired) electrons. The second-order valence-corrected chi connectivity index (χ2v) is 7.44. The van der Waals surface area contributed by atoms with Crippen molar-refractivity contribution in [2.45, 2.75) is 32.1 Å². The van der Waals surface area contributed by atoms with Crippen LogP contribution in [-0.2, 0) is 16.1 Å². The largest absolute Gasteiger partial charge is 0.304 e. The zero-order valence-corrected chi connectivity index (χ0v) is 16.8. The number of nitrogens with one attached hydrogen (secondary N) is 1. The summed E-state index contributed by atoms with van der Waals surface area (Å²) in [6.07, 6.45) is 0. The summed E-state index contributed by atoms with van der Waals surface area (Å²) in [5.41, 5.74) is 1.98. The van der Waals surface area contributed by atoms with Gasteiger partial charge in [-0.15, -0.1) is 0 Å². The molecule has 1 aliphatic heterocycles. The Morgan fingerprint density at radius 1 is 1.15 bits per heavy atom. The van der Waals surface area contributed by atoms with E-state index in [1.807, 2.05) is 13.8 Å². The number of carbonyl (C=O) groups is 2. The Morgan fingerprint density at radius 2 is 1.74 bits per heavy atom. The van der Waals surface area contributed by atoms with Crippen molar-refractivity contribution in [2.24, 2.45) is 4.99 Å². The summed E-state index contributed by atoms with van der Waals surface area (Å²) >= 11 is 6.75. The number of aliphatic imine (C=N–C) groups is 1. The minimum absolute atomic E-state index is 0.180. The topological polar surface area (TPSA) is 58.5 Å². The molecule has 7 heteroatoms. The number of halogens is 2. The zero-order valence-electron chi connectivity index (χ0n) is 15.3. The third kappa shape index (κ3) is 4.96. The van der Waals surface area contributed by atoms with Gasteiger partial charge in [0.15, 0.2) is 5.17 Å². The van der Waals surface area contributed by atoms with Crippen LogP contribution < -0.4 is 5.32 Å². The number of amides is 1. The van der Waals surface area contributed by atoms with Crippen LogP contribution in [0.4, 0.5) is 4.39 Å². The van der Waals surface area contributed by atoms with E-state index in [1.165, 1.54) is 23.9 Å². The molecule has 4 nitrogen and oxygen atoms in total. The first kappa shape index (κ1) is 21.1. The fourth-order valence-corrected chi connectivity index (χ4v) is 3.60. The van der Waals surface area contributed by atoms with E-state index in [1.54, 1.807) is 43.3 Å². The molecular weight excluding hydrogens is 387 g/mol. The van der Waals surface area contributed by atoms with Gasteiger partial charge >= 0.3 is 0 Å². The van der Waals surface area contributed by atoms with Crippen LogP contribution in [0.1, 0.15) is 42.3 Å². The second kappa shape index (κ2) is 9.15. The first-order chi connectivity index (χ1) is 12.9. The molecule has 1 saturated heterocycles. The lowest BCUT2D eigenvalue weighted by Gasteiger charge is -2.19. The van der Waals surface area contributed by atoms with E-state index in [9.17, 15) is 14.0 Å². The first-order valence-electron chi connectivity index (χ1n) is 8.48. The molecule has 1 N–H and O–H groups in total. The van der Waals surface area contributed by atoms with E-state index in [4.69, 9.17) is 11.6 Å². The van der Waals surface area contributed by atoms with Crippen molar-refractivity contribution in [2.75, 3.05) is 0 Å². The van der Waals surface area contributed by atoms with Gasteiger partial charge in [-0.2, -0.15) is 0 Å². The van der Waals surface area contributed by atoms with E-state index in [-0.39, 0.29) is 11.7 Å². The lowest BCUT2D eigenvalue weighted by molar-refractivity contribution is -0.121. The lowest BCUT2D eigenvalue weighted by atomic mass is 9.98. The molecule has 1 amide bonds. The summed E-state index contributed by atoms with van der Waals surface area (Å²) < 4.78 is 12.1. The maximum absolute atomic E-state index is 12.9. The molecule has 2 aromatic carbocycles. The van der Waals surface area contributed by atoms with Gasteiger partial charge in [0.2, 0.25) is 5.91 Å². The Kier molecular flexibility index (Phi) is 7.16. The van der Waals surface area contributed by atoms with Crippen LogP contribution in [-0.4, -0.2) is 16.3 Å². The number of hydrogen-bond donors (Lipinski definition) is 1. The summed E-state index contributed by atoms with van der Waals surface area (Å²) in [6.45, 7) is 6.14. The van der Waals surface area contributed by atoms with E-state index in [0.29, 0.717) is 17.3 Å². The molecule has 0 aliphatic carbocycles. The van der Waals surface area contributed by atoms with Crippen molar-refractivity contribution in [1.82, 2.24) is 5.32 Å². The lowest BCUT2D eigenvalue weighted by Crippen LogP contribution is -2.31. The zero-order chi connectivity index (χ0) is 20.0. The van der Waals surface area contributed by atoms with Gasteiger partial charge in [0, 0.05) is 5.56 Å². The molecule has 1 aliphatic rings. The minimum atomic E-state index is -0.838. The van der Waals surface area contributed by atoms with E-state index >= 15 is 0 Å². The average Bonchev–Trinajstić information content (AvgIpc) is 2.98. The van der Waals surface area contributed by atoms with Crippen molar-refractivity contribution in [3.8, 4) is 0 Å². The molecule has 142 valence electrons. The Morgan fingerprint density at radius 3 is 2.30 bits per heavy atom. The predicted molar refractivity (Wildman–Crippen MR) is 109 cm³/mol. The van der Waals surface area contributed by atoms with Crippen LogP contribution in [0.2, 0.25) is 0 Å². The van der Waals surface area contributed by atoms with Crippen molar-refractivity contribution in [3.63, 3.8) is 0 Å². The second-order valence-electron chi connectivity index (χ2n) is 5.69. The molecule has 0 saturated carbocycles. The number of nitrogens with zero attached hydrogens (tertiary/aromatic N) is 1. The Bertz CT molecular complexity index is 853. The van der Waals surface area contributed by atoms with Crippen LogP contribution in [0.15, 0.2) is 53.5 Å². The van der Waals surface area contributed by atoms with Gasteiger partial charge in [0.1, 0.15) is 10.6 Å². The van der Waals surface area contributed by atoms with Crippen LogP contribution in [0, 0.1) is 5.82 Å². The van der Waals surface area contributed by atoms with Crippen molar-refractivity contribution in [1.29, 1.82) is 0 Å². The van der Waals surface area contributed by atoms with Gasteiger partial charge in [-0.05, 0) is 53.9 Å². The standard InChI is InChI=1S/C18H14ClFN2O2S.C2H6/c1-18(13-6-4-12(5-7-13)15(19)23)16(24)22-17(25-18)21-10-11-2-8-14(20)9-3-11;1-2/h2-9H,10H2,1H3,(H,21,22,24);1-2H3. The van der Waals surface area contributed by atoms with Crippen LogP contribution in [0.25, 0.3) is 0 Å². The Hall–Kier alpha value is -2.18. The summed E-state index contributed by atoms with van der Waals surface area (Å²) in [5.74, 6) is -0.480. The number of hydrogen-bond acceptors (Lipinski definition) is 4. The van der Waals surface area contributed by atoms with Gasteiger partial charge in [0.05, 0.1) is 6.54 Å². The highest BCUT2D eigenvalue weighted by atomic mass is 35.5. The number of rotatable bonds is 4. The van der Waals surface area contributed by atoms with Crippen molar-refractivity contribution in [3.05, 3.63) is 71.0 Å². The first-order valence-corrected chi connectivity index (χ1v) is 9.68. The molecule has 1 atom stereocenters. The maximum Gasteiger partial charge on any atom is 0.252 e. The van der Waals surface area contributed by atoms with Crippen LogP contribution in [0.5, 0.6) is 0 Å². The highest BCUT2D eigenvalue weighted by molar-refractivity contribution is 8.15. The number of amidine groups is 1. The van der Waals surface area contributed by atoms with Crippen molar-refractivity contribution >= 4 is 39.7 Å². The quantitative estimate of drug-likeness (QED) is 0.737. The van der Waals surface area contributed by atoms with Gasteiger partial charge in [-0.25, -0.2) is 4.39 Å². The monoisotopic (exact) mass is 406 g/mol. The molecule has 2 aromatic rings. The van der Waals surface area contributed by atoms with Gasteiger partial charge in [-0.3, -0.25) is 14.6 Å². The van der Waals surface area contributed by atoms with Crippen LogP contribution in [0.3, 0.4) is 0 Å². The maximum atomic E-state index is 12.9. The highest BCUT2D eigenvalue weighted by Gasteiger charge is 2.43. The molecule has 0 spiro atoms. The van der Waals surface area contributed by atoms with Gasteiger partial charge < -0.3 is 5.32 Å². The highest BCUT2D eigenvalue weighted by Crippen LogP contribution is 2.41. The number of benzene rings is 2. The molecule has 3 rings (SSSR count). The fourth-order valence-electron chi connectivity index (χ4n) is 2.42. The summed E-state index contributed by atoms with van der Waals surface area (Å²) in [6, 6.07) is 12.7. The Labute approximate surface area is 167 Å². The van der Waals surface area contributed by atoms with Crippen molar-refractivity contribution < 1.29 is 14.0 Å². The van der Waals surface area contributed by atoms with Gasteiger partial charge in [0.25, 0.3) is 5.24 Å². The summed E-state index contributed by atoms with van der Waals surface area (Å²) in [7, 11) is 0. The normalized spacial score (nSPS) is 20.0.